The molecule has 0 bridgehead atoms. The van der Waals surface area contributed by atoms with Crippen LogP contribution in [0.3, 0.4) is 0 Å². The Labute approximate surface area is 148 Å². The van der Waals surface area contributed by atoms with Crippen molar-refractivity contribution < 1.29 is 27.5 Å². The van der Waals surface area contributed by atoms with Gasteiger partial charge in [-0.25, -0.2) is 0 Å². The monoisotopic (exact) mass is 365 g/mol. The Kier molecular flexibility index (Phi) is 4.73. The second kappa shape index (κ2) is 6.70. The second-order valence-corrected chi connectivity index (χ2v) is 6.49. The van der Waals surface area contributed by atoms with Crippen LogP contribution in [0.5, 0.6) is 0 Å². The smallest absolute Gasteiger partial charge is 0.416 e. The van der Waals surface area contributed by atoms with E-state index in [1.165, 1.54) is 19.2 Å². The van der Waals surface area contributed by atoms with Crippen LogP contribution < -0.4 is 0 Å². The first kappa shape index (κ1) is 18.4. The lowest BCUT2D eigenvalue weighted by Crippen LogP contribution is -2.36. The molecule has 0 saturated carbocycles. The molecule has 1 aliphatic carbocycles. The average Bonchev–Trinajstić information content (AvgIpc) is 2.59. The van der Waals surface area contributed by atoms with Gasteiger partial charge in [0, 0.05) is 29.3 Å². The number of esters is 1. The molecule has 0 amide bonds. The largest absolute Gasteiger partial charge is 0.468 e. The fourth-order valence-electron chi connectivity index (χ4n) is 3.68. The van der Waals surface area contributed by atoms with Crippen molar-refractivity contribution in [3.05, 3.63) is 46.7 Å². The maximum Gasteiger partial charge on any atom is 0.416 e. The fraction of sp³-hybridized carbons (Fsp3) is 0.421. The van der Waals surface area contributed by atoms with Gasteiger partial charge in [0.1, 0.15) is 5.92 Å². The average molecular weight is 365 g/mol. The number of carbonyl (C=O) groups excluding carboxylic acids is 2. The Hall–Kier alpha value is -2.44. The number of nitrogens with zero attached hydrogens (tertiary/aromatic N) is 1. The first-order valence-corrected chi connectivity index (χ1v) is 8.30. The molecule has 0 aromatic heterocycles. The normalized spacial score (nSPS) is 23.4. The molecule has 1 aromatic rings. The van der Waals surface area contributed by atoms with E-state index in [1.54, 1.807) is 6.92 Å². The van der Waals surface area contributed by atoms with E-state index < -0.39 is 29.5 Å². The van der Waals surface area contributed by atoms with Crippen LogP contribution in [0, 0.1) is 5.92 Å². The summed E-state index contributed by atoms with van der Waals surface area (Å²) in [7, 11) is 1.24. The number of halogens is 3. The molecule has 1 aliphatic heterocycles. The van der Waals surface area contributed by atoms with E-state index in [-0.39, 0.29) is 5.78 Å². The minimum absolute atomic E-state index is 0.110. The molecule has 1 unspecified atom stereocenters. The Morgan fingerprint density at radius 3 is 2.42 bits per heavy atom. The number of ketones is 1. The first-order valence-electron chi connectivity index (χ1n) is 8.30. The van der Waals surface area contributed by atoms with Crippen LogP contribution in [0.25, 0.3) is 0 Å². The number of carbonyl (C=O) groups is 2. The summed E-state index contributed by atoms with van der Waals surface area (Å²) in [5.74, 6) is -2.16. The highest BCUT2D eigenvalue weighted by molar-refractivity contribution is 6.08. The van der Waals surface area contributed by atoms with Crippen LogP contribution in [0.4, 0.5) is 13.2 Å². The number of methoxy groups -OCH3 is 1. The van der Waals surface area contributed by atoms with E-state index in [0.717, 1.165) is 12.1 Å². The van der Waals surface area contributed by atoms with E-state index in [1.807, 2.05) is 0 Å². The van der Waals surface area contributed by atoms with Gasteiger partial charge in [-0.2, -0.15) is 13.2 Å². The zero-order chi connectivity index (χ0) is 19.1. The molecule has 0 radical (unpaired) electrons. The van der Waals surface area contributed by atoms with Crippen LogP contribution in [-0.4, -0.2) is 24.6 Å². The number of ether oxygens (including phenoxy) is 1. The molecule has 1 heterocycles. The van der Waals surface area contributed by atoms with Gasteiger partial charge in [-0.3, -0.25) is 14.6 Å². The molecule has 2 aliphatic rings. The van der Waals surface area contributed by atoms with Gasteiger partial charge >= 0.3 is 12.1 Å². The highest BCUT2D eigenvalue weighted by Gasteiger charge is 2.43. The summed E-state index contributed by atoms with van der Waals surface area (Å²) in [6, 6.07) is 4.60. The third-order valence-corrected chi connectivity index (χ3v) is 4.89. The number of Topliss-reactive ketones (excluding diaryl/α,β-unsaturated/α-hetero) is 1. The van der Waals surface area contributed by atoms with Gasteiger partial charge < -0.3 is 4.74 Å². The van der Waals surface area contributed by atoms with Crippen molar-refractivity contribution in [3.63, 3.8) is 0 Å². The molecule has 0 fully saturated rings. The molecule has 0 N–H and O–H groups in total. The summed E-state index contributed by atoms with van der Waals surface area (Å²) in [5.41, 5.74) is 1.27. The lowest BCUT2D eigenvalue weighted by atomic mass is 9.71. The summed E-state index contributed by atoms with van der Waals surface area (Å²) < 4.78 is 43.4. The molecule has 0 saturated heterocycles. The van der Waals surface area contributed by atoms with Crippen molar-refractivity contribution in [2.45, 2.75) is 38.3 Å². The van der Waals surface area contributed by atoms with Gasteiger partial charge in [0.05, 0.1) is 12.7 Å². The van der Waals surface area contributed by atoms with Crippen molar-refractivity contribution in [2.75, 3.05) is 7.11 Å². The fourth-order valence-corrected chi connectivity index (χ4v) is 3.68. The van der Waals surface area contributed by atoms with Crippen molar-refractivity contribution >= 4 is 17.5 Å². The molecule has 4 nitrogen and oxygen atoms in total. The molecular formula is C19H18F3NO3. The molecule has 2 atom stereocenters. The predicted octanol–water partition coefficient (Wildman–Crippen LogP) is 4.06. The van der Waals surface area contributed by atoms with Gasteiger partial charge in [-0.05, 0) is 37.5 Å². The van der Waals surface area contributed by atoms with Gasteiger partial charge in [-0.15, -0.1) is 0 Å². The van der Waals surface area contributed by atoms with E-state index in [0.29, 0.717) is 41.8 Å². The number of hydrogen-bond donors (Lipinski definition) is 0. The van der Waals surface area contributed by atoms with Gasteiger partial charge in [0.15, 0.2) is 5.78 Å². The Balaban J connectivity index is 2.12. The lowest BCUT2D eigenvalue weighted by molar-refractivity contribution is -0.143. The highest BCUT2D eigenvalue weighted by atomic mass is 19.4. The van der Waals surface area contributed by atoms with E-state index in [2.05, 4.69) is 4.99 Å². The van der Waals surface area contributed by atoms with E-state index in [4.69, 9.17) is 4.74 Å². The molecule has 7 heteroatoms. The van der Waals surface area contributed by atoms with Crippen LogP contribution in [0.15, 0.2) is 40.5 Å². The van der Waals surface area contributed by atoms with Crippen LogP contribution in [-0.2, 0) is 20.5 Å². The zero-order valence-electron chi connectivity index (χ0n) is 14.4. The van der Waals surface area contributed by atoms with Crippen molar-refractivity contribution in [1.29, 1.82) is 0 Å². The number of allylic oxidation sites excluding steroid dienone is 2. The zero-order valence-corrected chi connectivity index (χ0v) is 14.4. The predicted molar refractivity (Wildman–Crippen MR) is 88.7 cm³/mol. The summed E-state index contributed by atoms with van der Waals surface area (Å²) in [4.78, 5) is 29.3. The van der Waals surface area contributed by atoms with Crippen molar-refractivity contribution in [3.8, 4) is 0 Å². The summed E-state index contributed by atoms with van der Waals surface area (Å²) >= 11 is 0. The third kappa shape index (κ3) is 3.18. The number of benzene rings is 1. The summed E-state index contributed by atoms with van der Waals surface area (Å²) in [5, 5.41) is 0. The van der Waals surface area contributed by atoms with Crippen LogP contribution in [0.1, 0.15) is 43.2 Å². The molecule has 26 heavy (non-hydrogen) atoms. The number of alkyl halides is 3. The Morgan fingerprint density at radius 2 is 1.85 bits per heavy atom. The minimum atomic E-state index is -4.45. The first-order chi connectivity index (χ1) is 12.2. The number of rotatable bonds is 2. The highest BCUT2D eigenvalue weighted by Crippen LogP contribution is 2.44. The van der Waals surface area contributed by atoms with E-state index >= 15 is 0 Å². The Morgan fingerprint density at radius 1 is 1.19 bits per heavy atom. The van der Waals surface area contributed by atoms with Crippen molar-refractivity contribution in [1.82, 2.24) is 0 Å². The summed E-state index contributed by atoms with van der Waals surface area (Å²) in [6.07, 6.45) is -2.81. The van der Waals surface area contributed by atoms with Gasteiger partial charge in [0.2, 0.25) is 0 Å². The molecule has 138 valence electrons. The maximum atomic E-state index is 12.9. The number of aliphatic imine (C=N–C) groups is 1. The quantitative estimate of drug-likeness (QED) is 0.743. The number of hydrogen-bond acceptors (Lipinski definition) is 4. The maximum absolute atomic E-state index is 12.9. The van der Waals surface area contributed by atoms with Gasteiger partial charge in [-0.1, -0.05) is 12.1 Å². The van der Waals surface area contributed by atoms with Gasteiger partial charge in [0.25, 0.3) is 0 Å². The third-order valence-electron chi connectivity index (χ3n) is 4.89. The van der Waals surface area contributed by atoms with Crippen LogP contribution >= 0.6 is 0 Å². The van der Waals surface area contributed by atoms with Crippen LogP contribution in [0.2, 0.25) is 0 Å². The molecular weight excluding hydrogens is 347 g/mol. The lowest BCUT2D eigenvalue weighted by Gasteiger charge is -2.34. The topological polar surface area (TPSA) is 55.7 Å². The SMILES string of the molecule is COC(=O)C1C(C)=NC2=C(C(=O)CCC2)[C@H]1c1ccc(C(F)(F)F)cc1. The van der Waals surface area contributed by atoms with E-state index in [9.17, 15) is 22.8 Å². The molecule has 0 spiro atoms. The second-order valence-electron chi connectivity index (χ2n) is 6.49. The summed E-state index contributed by atoms with van der Waals surface area (Å²) in [6.45, 7) is 1.68. The molecule has 3 rings (SSSR count). The Bertz CT molecular complexity index is 806. The minimum Gasteiger partial charge on any atom is -0.468 e. The van der Waals surface area contributed by atoms with Crippen molar-refractivity contribution in [2.24, 2.45) is 10.9 Å². The molecule has 1 aromatic carbocycles. The standard InChI is InChI=1S/C19H18F3NO3/c1-10-15(18(25)26-2)16(17-13(23-10)4-3-5-14(17)24)11-6-8-12(9-7-11)19(20,21)22/h6-9,15-16H,3-5H2,1-2H3/t15?,16-/m0/s1.